The molecule has 0 aromatic carbocycles. The van der Waals surface area contributed by atoms with Crippen LogP contribution in [0.3, 0.4) is 0 Å². The Morgan fingerprint density at radius 2 is 2.12 bits per heavy atom. The van der Waals surface area contributed by atoms with Crippen molar-refractivity contribution in [3.05, 3.63) is 0 Å². The highest BCUT2D eigenvalue weighted by Crippen LogP contribution is 2.16. The Bertz CT molecular complexity index is 185. The molecule has 0 spiro atoms. The normalized spacial score (nSPS) is 24.9. The summed E-state index contributed by atoms with van der Waals surface area (Å²) in [5, 5.41) is 3.68. The standard InChI is InChI=1S/C13H28N2S/c1-11(2)14-13-6-5-8-15(10-13)12(3)7-9-16-4/h11-14H,5-10H2,1-4H3. The third-order valence-electron chi connectivity index (χ3n) is 3.38. The third kappa shape index (κ3) is 5.07. The highest BCUT2D eigenvalue weighted by Gasteiger charge is 2.23. The first-order valence-electron chi connectivity index (χ1n) is 6.62. The predicted octanol–water partition coefficient (Wildman–Crippen LogP) is 2.59. The van der Waals surface area contributed by atoms with Crippen LogP contribution in [0.4, 0.5) is 0 Å². The first-order chi connectivity index (χ1) is 7.63. The minimum absolute atomic E-state index is 0.617. The maximum Gasteiger partial charge on any atom is 0.0197 e. The largest absolute Gasteiger partial charge is 0.311 e. The van der Waals surface area contributed by atoms with E-state index in [1.807, 2.05) is 11.8 Å². The van der Waals surface area contributed by atoms with Gasteiger partial charge in [0.15, 0.2) is 0 Å². The fraction of sp³-hybridized carbons (Fsp3) is 1.00. The van der Waals surface area contributed by atoms with Crippen LogP contribution in [0.2, 0.25) is 0 Å². The maximum absolute atomic E-state index is 3.68. The van der Waals surface area contributed by atoms with Gasteiger partial charge in [-0.1, -0.05) is 13.8 Å². The summed E-state index contributed by atoms with van der Waals surface area (Å²) in [5.41, 5.74) is 0. The molecule has 1 saturated heterocycles. The van der Waals surface area contributed by atoms with Crippen LogP contribution in [-0.2, 0) is 0 Å². The van der Waals surface area contributed by atoms with Crippen LogP contribution in [0.5, 0.6) is 0 Å². The summed E-state index contributed by atoms with van der Waals surface area (Å²) in [6, 6.07) is 2.08. The van der Waals surface area contributed by atoms with Crippen molar-refractivity contribution in [2.24, 2.45) is 0 Å². The lowest BCUT2D eigenvalue weighted by Crippen LogP contribution is -2.50. The second-order valence-corrected chi connectivity index (χ2v) is 6.27. The minimum atomic E-state index is 0.617. The molecule has 0 bridgehead atoms. The van der Waals surface area contributed by atoms with Crippen LogP contribution in [0.25, 0.3) is 0 Å². The van der Waals surface area contributed by atoms with Crippen LogP contribution in [0.1, 0.15) is 40.0 Å². The molecule has 1 aliphatic heterocycles. The summed E-state index contributed by atoms with van der Waals surface area (Å²) in [7, 11) is 0. The van der Waals surface area contributed by atoms with Crippen LogP contribution >= 0.6 is 11.8 Å². The van der Waals surface area contributed by atoms with Crippen molar-refractivity contribution in [3.8, 4) is 0 Å². The topological polar surface area (TPSA) is 15.3 Å². The maximum atomic E-state index is 3.68. The number of likely N-dealkylation sites (tertiary alicyclic amines) is 1. The highest BCUT2D eigenvalue weighted by atomic mass is 32.2. The summed E-state index contributed by atoms with van der Waals surface area (Å²) in [6.45, 7) is 9.42. The Labute approximate surface area is 106 Å². The van der Waals surface area contributed by atoms with E-state index < -0.39 is 0 Å². The second-order valence-electron chi connectivity index (χ2n) is 5.29. The molecular weight excluding hydrogens is 216 g/mol. The van der Waals surface area contributed by atoms with E-state index in [0.29, 0.717) is 12.1 Å². The molecule has 1 heterocycles. The van der Waals surface area contributed by atoms with Crippen molar-refractivity contribution in [1.82, 2.24) is 10.2 Å². The Balaban J connectivity index is 2.31. The first kappa shape index (κ1) is 14.3. The average Bonchev–Trinajstić information content (AvgIpc) is 2.25. The van der Waals surface area contributed by atoms with Gasteiger partial charge in [0.25, 0.3) is 0 Å². The number of rotatable bonds is 6. The van der Waals surface area contributed by atoms with Gasteiger partial charge in [0.2, 0.25) is 0 Å². The zero-order chi connectivity index (χ0) is 12.0. The number of hydrogen-bond acceptors (Lipinski definition) is 3. The van der Waals surface area contributed by atoms with Crippen molar-refractivity contribution >= 4 is 11.8 Å². The summed E-state index contributed by atoms with van der Waals surface area (Å²) in [4.78, 5) is 2.67. The van der Waals surface area contributed by atoms with Crippen LogP contribution < -0.4 is 5.32 Å². The molecule has 0 aromatic heterocycles. The second kappa shape index (κ2) is 7.57. The number of thioether (sulfide) groups is 1. The molecule has 1 rings (SSSR count). The van der Waals surface area contributed by atoms with Crippen molar-refractivity contribution in [2.45, 2.75) is 58.2 Å². The van der Waals surface area contributed by atoms with Crippen LogP contribution in [0.15, 0.2) is 0 Å². The summed E-state index contributed by atoms with van der Waals surface area (Å²) >= 11 is 1.96. The molecular formula is C13H28N2S. The Hall–Kier alpha value is 0.270. The Morgan fingerprint density at radius 3 is 2.75 bits per heavy atom. The summed E-state index contributed by atoms with van der Waals surface area (Å²) in [6.07, 6.45) is 6.24. The van der Waals surface area contributed by atoms with Gasteiger partial charge in [0.1, 0.15) is 0 Å². The molecule has 0 radical (unpaired) electrons. The van der Waals surface area contributed by atoms with Gasteiger partial charge >= 0.3 is 0 Å². The molecule has 1 aliphatic rings. The molecule has 0 amide bonds. The smallest absolute Gasteiger partial charge is 0.0197 e. The number of piperidine rings is 1. The number of hydrogen-bond donors (Lipinski definition) is 1. The van der Waals surface area contributed by atoms with Gasteiger partial charge in [-0.15, -0.1) is 0 Å². The molecule has 96 valence electrons. The van der Waals surface area contributed by atoms with E-state index in [0.717, 1.165) is 6.04 Å². The van der Waals surface area contributed by atoms with Gasteiger partial charge in [0.05, 0.1) is 0 Å². The average molecular weight is 244 g/mol. The molecule has 0 saturated carbocycles. The van der Waals surface area contributed by atoms with E-state index in [9.17, 15) is 0 Å². The Morgan fingerprint density at radius 1 is 1.38 bits per heavy atom. The molecule has 0 aromatic rings. The SMILES string of the molecule is CSCCC(C)N1CCCC(NC(C)C)C1. The highest BCUT2D eigenvalue weighted by molar-refractivity contribution is 7.98. The van der Waals surface area contributed by atoms with E-state index >= 15 is 0 Å². The summed E-state index contributed by atoms with van der Waals surface area (Å²) < 4.78 is 0. The lowest BCUT2D eigenvalue weighted by atomic mass is 10.0. The van der Waals surface area contributed by atoms with Gasteiger partial charge in [-0.3, -0.25) is 4.90 Å². The molecule has 1 N–H and O–H groups in total. The molecule has 1 fully saturated rings. The van der Waals surface area contributed by atoms with Gasteiger partial charge in [-0.2, -0.15) is 11.8 Å². The number of nitrogens with zero attached hydrogens (tertiary/aromatic N) is 1. The van der Waals surface area contributed by atoms with Crippen molar-refractivity contribution in [1.29, 1.82) is 0 Å². The molecule has 2 unspecified atom stereocenters. The fourth-order valence-corrected chi connectivity index (χ4v) is 3.06. The summed E-state index contributed by atoms with van der Waals surface area (Å²) in [5.74, 6) is 1.29. The van der Waals surface area contributed by atoms with Crippen LogP contribution in [0, 0.1) is 0 Å². The van der Waals surface area contributed by atoms with Crippen molar-refractivity contribution < 1.29 is 0 Å². The lowest BCUT2D eigenvalue weighted by Gasteiger charge is -2.38. The van der Waals surface area contributed by atoms with Crippen LogP contribution in [-0.4, -0.2) is 48.1 Å². The Kier molecular flexibility index (Phi) is 6.78. The van der Waals surface area contributed by atoms with E-state index in [2.05, 4.69) is 37.2 Å². The van der Waals surface area contributed by atoms with E-state index in [4.69, 9.17) is 0 Å². The molecule has 2 nitrogen and oxygen atoms in total. The monoisotopic (exact) mass is 244 g/mol. The predicted molar refractivity (Wildman–Crippen MR) is 75.3 cm³/mol. The van der Waals surface area contributed by atoms with Gasteiger partial charge in [0, 0.05) is 24.7 Å². The van der Waals surface area contributed by atoms with E-state index in [-0.39, 0.29) is 0 Å². The van der Waals surface area contributed by atoms with Gasteiger partial charge in [-0.25, -0.2) is 0 Å². The molecule has 3 heteroatoms. The zero-order valence-electron chi connectivity index (χ0n) is 11.3. The zero-order valence-corrected chi connectivity index (χ0v) is 12.1. The molecule has 16 heavy (non-hydrogen) atoms. The van der Waals surface area contributed by atoms with Crippen molar-refractivity contribution in [2.75, 3.05) is 25.1 Å². The van der Waals surface area contributed by atoms with E-state index in [1.54, 1.807) is 0 Å². The molecule has 0 aliphatic carbocycles. The van der Waals surface area contributed by atoms with Gasteiger partial charge in [-0.05, 0) is 44.7 Å². The number of nitrogens with one attached hydrogen (secondary N) is 1. The van der Waals surface area contributed by atoms with Gasteiger partial charge < -0.3 is 5.32 Å². The molecule has 2 atom stereocenters. The first-order valence-corrected chi connectivity index (χ1v) is 8.02. The van der Waals surface area contributed by atoms with Crippen molar-refractivity contribution in [3.63, 3.8) is 0 Å². The third-order valence-corrected chi connectivity index (χ3v) is 4.03. The lowest BCUT2D eigenvalue weighted by molar-refractivity contribution is 0.140. The minimum Gasteiger partial charge on any atom is -0.311 e. The fourth-order valence-electron chi connectivity index (χ4n) is 2.49. The quantitative estimate of drug-likeness (QED) is 0.773. The van der Waals surface area contributed by atoms with E-state index in [1.165, 1.54) is 38.1 Å².